The summed E-state index contributed by atoms with van der Waals surface area (Å²) in [4.78, 5) is 67.8. The number of nitrogens with one attached hydrogen (secondary N) is 3. The quantitative estimate of drug-likeness (QED) is 0.262. The number of primary amides is 1. The minimum Gasteiger partial charge on any atom is -0.501 e. The van der Waals surface area contributed by atoms with E-state index in [1.807, 2.05) is 20.8 Å². The highest BCUT2D eigenvalue weighted by molar-refractivity contribution is 6.37. The molecule has 5 aliphatic rings. The maximum atomic E-state index is 14.3. The van der Waals surface area contributed by atoms with Gasteiger partial charge in [-0.15, -0.1) is 0 Å². The van der Waals surface area contributed by atoms with E-state index in [2.05, 4.69) is 35.9 Å². The number of nitrogens with two attached hydrogens (primary N) is 1. The molecule has 5 N–H and O–H groups in total. The number of ketones is 1. The Bertz CT molecular complexity index is 1200. The number of hydrogen-bond acceptors (Lipinski definition) is 6. The number of hydrogen-bond donors (Lipinski definition) is 4. The van der Waals surface area contributed by atoms with Crippen molar-refractivity contribution in [3.63, 3.8) is 0 Å². The van der Waals surface area contributed by atoms with E-state index in [0.29, 0.717) is 19.6 Å². The number of nitrogens with zero attached hydrogens (tertiary/aromatic N) is 1. The second-order valence-corrected chi connectivity index (χ2v) is 15.7. The first-order valence-corrected chi connectivity index (χ1v) is 16.4. The minimum absolute atomic E-state index is 0.0849. The molecule has 244 valence electrons. The Hall–Kier alpha value is -3.11. The van der Waals surface area contributed by atoms with Gasteiger partial charge in [0.25, 0.3) is 5.91 Å². The van der Waals surface area contributed by atoms with Gasteiger partial charge in [-0.2, -0.15) is 0 Å². The van der Waals surface area contributed by atoms with E-state index in [0.717, 1.165) is 51.4 Å². The summed E-state index contributed by atoms with van der Waals surface area (Å²) in [6, 6.07) is -3.08. The third-order valence-electron chi connectivity index (χ3n) is 10.9. The Morgan fingerprint density at radius 1 is 1.05 bits per heavy atom. The smallest absolute Gasteiger partial charge is 0.315 e. The van der Waals surface area contributed by atoms with Gasteiger partial charge in [-0.3, -0.25) is 19.2 Å². The summed E-state index contributed by atoms with van der Waals surface area (Å²) in [5.74, 6) is -2.10. The molecule has 11 nitrogen and oxygen atoms in total. The molecule has 44 heavy (non-hydrogen) atoms. The van der Waals surface area contributed by atoms with Crippen LogP contribution in [0, 0.1) is 34.5 Å². The van der Waals surface area contributed by atoms with Crippen LogP contribution in [0.2, 0.25) is 0 Å². The molecule has 0 radical (unpaired) electrons. The van der Waals surface area contributed by atoms with Crippen molar-refractivity contribution in [3.05, 3.63) is 12.3 Å². The Morgan fingerprint density at radius 3 is 2.30 bits per heavy atom. The molecule has 1 saturated heterocycles. The molecule has 2 aliphatic heterocycles. The topological polar surface area (TPSA) is 160 Å². The zero-order valence-electron chi connectivity index (χ0n) is 26.9. The third kappa shape index (κ3) is 6.76. The second kappa shape index (κ2) is 12.0. The van der Waals surface area contributed by atoms with E-state index < -0.39 is 41.1 Å². The Balaban J connectivity index is 1.32. The van der Waals surface area contributed by atoms with E-state index in [-0.39, 0.29) is 46.6 Å². The predicted octanol–water partition coefficient (Wildman–Crippen LogP) is 2.78. The number of rotatable bonds is 11. The van der Waals surface area contributed by atoms with Crippen LogP contribution in [0.15, 0.2) is 12.3 Å². The van der Waals surface area contributed by atoms with Crippen molar-refractivity contribution in [2.24, 2.45) is 40.2 Å². The molecule has 5 amide bonds. The first kappa shape index (κ1) is 32.3. The van der Waals surface area contributed by atoms with Crippen molar-refractivity contribution in [2.45, 2.75) is 116 Å². The molecule has 11 heteroatoms. The summed E-state index contributed by atoms with van der Waals surface area (Å²) in [6.07, 6.45) is 11.7. The second-order valence-electron chi connectivity index (χ2n) is 15.7. The number of carbonyl (C=O) groups is 5. The minimum atomic E-state index is -1.07. The van der Waals surface area contributed by atoms with Gasteiger partial charge < -0.3 is 31.3 Å². The van der Waals surface area contributed by atoms with Crippen LogP contribution in [0.25, 0.3) is 0 Å². The zero-order valence-corrected chi connectivity index (χ0v) is 26.9. The SMILES string of the molecule is CC(C)(C)[C@H](NC(=O)NC1(CC2C=COC2)CCCCC1)C(=O)N1C[C@H]2[C@@H]([C@H]1C(=O)NC(CC1CC1)C(=O)C(N)=O)C2(C)C. The molecule has 6 atom stereocenters. The number of ether oxygens (including phenoxy) is 1. The number of fused-ring (bicyclic) bond motifs is 1. The first-order chi connectivity index (χ1) is 20.6. The van der Waals surface area contributed by atoms with Crippen LogP contribution in [-0.4, -0.2) is 71.3 Å². The third-order valence-corrected chi connectivity index (χ3v) is 10.9. The van der Waals surface area contributed by atoms with Crippen LogP contribution >= 0.6 is 0 Å². The molecule has 4 fully saturated rings. The number of amides is 5. The van der Waals surface area contributed by atoms with Gasteiger partial charge in [-0.05, 0) is 60.3 Å². The molecule has 2 heterocycles. The van der Waals surface area contributed by atoms with Crippen molar-refractivity contribution >= 4 is 29.5 Å². The number of Topliss-reactive ketones (excluding diaryl/α,β-unsaturated/α-hetero) is 1. The van der Waals surface area contributed by atoms with Crippen molar-refractivity contribution < 1.29 is 28.7 Å². The average Bonchev–Trinajstić information content (AvgIpc) is 3.66. The Morgan fingerprint density at radius 2 is 1.73 bits per heavy atom. The molecule has 2 unspecified atom stereocenters. The van der Waals surface area contributed by atoms with Crippen molar-refractivity contribution in [1.29, 1.82) is 0 Å². The Labute approximate surface area is 260 Å². The van der Waals surface area contributed by atoms with Gasteiger partial charge in [0.2, 0.25) is 17.6 Å². The normalized spacial score (nSPS) is 29.5. The molecule has 0 aromatic rings. The van der Waals surface area contributed by atoms with Gasteiger partial charge in [-0.1, -0.05) is 66.7 Å². The van der Waals surface area contributed by atoms with Gasteiger partial charge in [0.05, 0.1) is 18.9 Å². The van der Waals surface area contributed by atoms with Gasteiger partial charge in [0.15, 0.2) is 0 Å². The van der Waals surface area contributed by atoms with Gasteiger partial charge in [0, 0.05) is 18.0 Å². The number of piperidine rings is 1. The van der Waals surface area contributed by atoms with Crippen molar-refractivity contribution in [1.82, 2.24) is 20.9 Å². The van der Waals surface area contributed by atoms with Crippen LogP contribution in [0.5, 0.6) is 0 Å². The number of carbonyl (C=O) groups excluding carboxylic acids is 5. The van der Waals surface area contributed by atoms with Gasteiger partial charge in [-0.25, -0.2) is 4.79 Å². The standard InChI is InChI=1S/C33H51N5O6/c1-31(2,3)26(36-30(43)37-33(12-7-6-8-13-33)16-20-11-14-44-18-20)29(42)38-17-21-23(32(21,4)5)24(38)28(41)35-22(15-19-9-10-19)25(39)27(34)40/h11,14,19-24,26H,6-10,12-13,15-18H2,1-5H3,(H2,34,40)(H,35,41)(H2,36,37,43)/t20?,21-,22?,23-,24-,26+/m0/s1. The maximum Gasteiger partial charge on any atom is 0.315 e. The van der Waals surface area contributed by atoms with Crippen molar-refractivity contribution in [3.8, 4) is 0 Å². The fourth-order valence-electron chi connectivity index (χ4n) is 8.02. The fraction of sp³-hybridized carbons (Fsp3) is 0.788. The lowest BCUT2D eigenvalue weighted by molar-refractivity contribution is -0.145. The summed E-state index contributed by atoms with van der Waals surface area (Å²) >= 11 is 0. The predicted molar refractivity (Wildman–Crippen MR) is 164 cm³/mol. The van der Waals surface area contributed by atoms with Crippen LogP contribution < -0.4 is 21.7 Å². The first-order valence-electron chi connectivity index (χ1n) is 16.4. The van der Waals surface area contributed by atoms with E-state index in [9.17, 15) is 24.0 Å². The van der Waals surface area contributed by atoms with Crippen LogP contribution in [0.4, 0.5) is 4.79 Å². The van der Waals surface area contributed by atoms with E-state index >= 15 is 0 Å². The van der Waals surface area contributed by atoms with E-state index in [1.54, 1.807) is 11.2 Å². The average molecular weight is 614 g/mol. The molecular weight excluding hydrogens is 562 g/mol. The molecule has 3 aliphatic carbocycles. The summed E-state index contributed by atoms with van der Waals surface area (Å²) in [6.45, 7) is 10.9. The van der Waals surface area contributed by atoms with Gasteiger partial charge in [0.1, 0.15) is 12.1 Å². The molecule has 0 aromatic carbocycles. The maximum absolute atomic E-state index is 14.3. The highest BCUT2D eigenvalue weighted by atomic mass is 16.5. The van der Waals surface area contributed by atoms with E-state index in [4.69, 9.17) is 10.5 Å². The van der Waals surface area contributed by atoms with Crippen LogP contribution in [0.1, 0.15) is 92.4 Å². The number of likely N-dealkylation sites (tertiary alicyclic amines) is 1. The van der Waals surface area contributed by atoms with Crippen LogP contribution in [0.3, 0.4) is 0 Å². The van der Waals surface area contributed by atoms with E-state index in [1.165, 1.54) is 0 Å². The summed E-state index contributed by atoms with van der Waals surface area (Å²) in [7, 11) is 0. The molecule has 0 spiro atoms. The highest BCUT2D eigenvalue weighted by Crippen LogP contribution is 2.65. The lowest BCUT2D eigenvalue weighted by Crippen LogP contribution is -2.63. The monoisotopic (exact) mass is 613 g/mol. The molecule has 3 saturated carbocycles. The largest absolute Gasteiger partial charge is 0.501 e. The molecular formula is C33H51N5O6. The lowest BCUT2D eigenvalue weighted by Gasteiger charge is -2.41. The molecule has 0 bridgehead atoms. The van der Waals surface area contributed by atoms with Crippen molar-refractivity contribution in [2.75, 3.05) is 13.2 Å². The summed E-state index contributed by atoms with van der Waals surface area (Å²) in [5.41, 5.74) is 4.15. The fourth-order valence-corrected chi connectivity index (χ4v) is 8.02. The highest BCUT2D eigenvalue weighted by Gasteiger charge is 2.70. The lowest BCUT2D eigenvalue weighted by atomic mass is 9.76. The Kier molecular flexibility index (Phi) is 8.81. The zero-order chi connectivity index (χ0) is 32.0. The molecule has 5 rings (SSSR count). The molecule has 0 aromatic heterocycles. The van der Waals surface area contributed by atoms with Gasteiger partial charge >= 0.3 is 6.03 Å². The summed E-state index contributed by atoms with van der Waals surface area (Å²) in [5, 5.41) is 9.09. The number of urea groups is 1. The summed E-state index contributed by atoms with van der Waals surface area (Å²) < 4.78 is 5.44. The van der Waals surface area contributed by atoms with Crippen LogP contribution in [-0.2, 0) is 23.9 Å².